The SMILES string of the molecule is COC(=O)c1cc(NCCCn2c(C)cc3ccccc32)ncn1. The van der Waals surface area contributed by atoms with Crippen LogP contribution in [0.25, 0.3) is 10.9 Å². The topological polar surface area (TPSA) is 69.0 Å². The lowest BCUT2D eigenvalue weighted by molar-refractivity contribution is 0.0594. The first-order valence-electron chi connectivity index (χ1n) is 7.88. The number of carbonyl (C=O) groups is 1. The van der Waals surface area contributed by atoms with Crippen molar-refractivity contribution >= 4 is 22.7 Å². The van der Waals surface area contributed by atoms with E-state index in [-0.39, 0.29) is 5.69 Å². The number of esters is 1. The van der Waals surface area contributed by atoms with Gasteiger partial charge in [-0.15, -0.1) is 0 Å². The predicted octanol–water partition coefficient (Wildman–Crippen LogP) is 3.03. The van der Waals surface area contributed by atoms with Gasteiger partial charge < -0.3 is 14.6 Å². The zero-order chi connectivity index (χ0) is 16.9. The summed E-state index contributed by atoms with van der Waals surface area (Å²) in [5.74, 6) is 0.161. The summed E-state index contributed by atoms with van der Waals surface area (Å²) in [7, 11) is 1.33. The van der Waals surface area contributed by atoms with Crippen LogP contribution in [0.4, 0.5) is 5.82 Å². The van der Waals surface area contributed by atoms with Gasteiger partial charge in [-0.1, -0.05) is 18.2 Å². The Hall–Kier alpha value is -2.89. The van der Waals surface area contributed by atoms with Crippen molar-refractivity contribution in [1.82, 2.24) is 14.5 Å². The Labute approximate surface area is 140 Å². The third kappa shape index (κ3) is 3.37. The van der Waals surface area contributed by atoms with Crippen LogP contribution in [0.3, 0.4) is 0 Å². The van der Waals surface area contributed by atoms with Crippen molar-refractivity contribution in [2.75, 3.05) is 19.0 Å². The van der Waals surface area contributed by atoms with Crippen LogP contribution in [0.1, 0.15) is 22.6 Å². The Kier molecular flexibility index (Phi) is 4.74. The molecule has 3 aromatic rings. The largest absolute Gasteiger partial charge is 0.464 e. The van der Waals surface area contributed by atoms with E-state index in [0.29, 0.717) is 5.82 Å². The number of rotatable bonds is 6. The van der Waals surface area contributed by atoms with Crippen LogP contribution in [0.5, 0.6) is 0 Å². The van der Waals surface area contributed by atoms with Gasteiger partial charge in [-0.2, -0.15) is 0 Å². The monoisotopic (exact) mass is 324 g/mol. The normalized spacial score (nSPS) is 10.8. The molecule has 0 atom stereocenters. The minimum Gasteiger partial charge on any atom is -0.464 e. The standard InChI is InChI=1S/C18H20N4O2/c1-13-10-14-6-3-4-7-16(14)22(13)9-5-8-19-17-11-15(18(23)24-2)20-12-21-17/h3-4,6-7,10-12H,5,8-9H2,1-2H3,(H,19,20,21). The van der Waals surface area contributed by atoms with E-state index in [0.717, 1.165) is 19.5 Å². The molecule has 0 aliphatic heterocycles. The van der Waals surface area contributed by atoms with Crippen molar-refractivity contribution in [3.63, 3.8) is 0 Å². The van der Waals surface area contributed by atoms with E-state index < -0.39 is 5.97 Å². The number of nitrogens with zero attached hydrogens (tertiary/aromatic N) is 3. The lowest BCUT2D eigenvalue weighted by Crippen LogP contribution is -2.10. The minimum absolute atomic E-state index is 0.252. The van der Waals surface area contributed by atoms with Gasteiger partial charge in [0, 0.05) is 30.4 Å². The molecule has 2 aromatic heterocycles. The van der Waals surface area contributed by atoms with E-state index in [1.54, 1.807) is 6.07 Å². The number of aryl methyl sites for hydroxylation is 2. The van der Waals surface area contributed by atoms with Crippen LogP contribution in [-0.4, -0.2) is 34.2 Å². The molecule has 0 bridgehead atoms. The summed E-state index contributed by atoms with van der Waals surface area (Å²) in [6, 6.07) is 12.2. The molecule has 124 valence electrons. The predicted molar refractivity (Wildman–Crippen MR) is 93.2 cm³/mol. The molecular weight excluding hydrogens is 304 g/mol. The van der Waals surface area contributed by atoms with Crippen molar-refractivity contribution in [3.05, 3.63) is 54.1 Å². The maximum absolute atomic E-state index is 11.5. The van der Waals surface area contributed by atoms with Gasteiger partial charge in [0.15, 0.2) is 5.69 Å². The van der Waals surface area contributed by atoms with Crippen molar-refractivity contribution in [2.45, 2.75) is 19.9 Å². The van der Waals surface area contributed by atoms with E-state index in [2.05, 4.69) is 61.8 Å². The van der Waals surface area contributed by atoms with Crippen LogP contribution in [0.2, 0.25) is 0 Å². The van der Waals surface area contributed by atoms with E-state index in [9.17, 15) is 4.79 Å². The fourth-order valence-electron chi connectivity index (χ4n) is 2.77. The first-order valence-corrected chi connectivity index (χ1v) is 7.88. The highest BCUT2D eigenvalue weighted by Gasteiger charge is 2.08. The van der Waals surface area contributed by atoms with Gasteiger partial charge in [-0.05, 0) is 30.9 Å². The molecule has 6 heteroatoms. The third-order valence-electron chi connectivity index (χ3n) is 3.94. The lowest BCUT2D eigenvalue weighted by Gasteiger charge is -2.10. The van der Waals surface area contributed by atoms with Crippen LogP contribution in [-0.2, 0) is 11.3 Å². The summed E-state index contributed by atoms with van der Waals surface area (Å²) in [6.07, 6.45) is 2.30. The van der Waals surface area contributed by atoms with Crippen LogP contribution in [0, 0.1) is 6.92 Å². The van der Waals surface area contributed by atoms with Gasteiger partial charge in [-0.3, -0.25) is 0 Å². The first kappa shape index (κ1) is 16.0. The van der Waals surface area contributed by atoms with Crippen molar-refractivity contribution in [2.24, 2.45) is 0 Å². The zero-order valence-corrected chi connectivity index (χ0v) is 13.8. The molecule has 6 nitrogen and oxygen atoms in total. The number of hydrogen-bond donors (Lipinski definition) is 1. The molecule has 0 amide bonds. The fourth-order valence-corrected chi connectivity index (χ4v) is 2.77. The maximum atomic E-state index is 11.5. The molecule has 0 spiro atoms. The van der Waals surface area contributed by atoms with E-state index in [4.69, 9.17) is 0 Å². The molecule has 0 unspecified atom stereocenters. The molecule has 0 aliphatic carbocycles. The molecule has 0 saturated heterocycles. The molecular formula is C18H20N4O2. The summed E-state index contributed by atoms with van der Waals surface area (Å²) in [6.45, 7) is 3.80. The van der Waals surface area contributed by atoms with Gasteiger partial charge in [0.25, 0.3) is 0 Å². The summed E-state index contributed by atoms with van der Waals surface area (Å²) in [4.78, 5) is 19.5. The summed E-state index contributed by atoms with van der Waals surface area (Å²) in [5, 5.41) is 4.49. The summed E-state index contributed by atoms with van der Waals surface area (Å²) < 4.78 is 6.98. The highest BCUT2D eigenvalue weighted by molar-refractivity contribution is 5.87. The second-order valence-corrected chi connectivity index (χ2v) is 5.56. The average Bonchev–Trinajstić information content (AvgIpc) is 2.93. The van der Waals surface area contributed by atoms with Crippen LogP contribution in [0.15, 0.2) is 42.7 Å². The molecule has 2 heterocycles. The van der Waals surface area contributed by atoms with Crippen molar-refractivity contribution in [1.29, 1.82) is 0 Å². The second-order valence-electron chi connectivity index (χ2n) is 5.56. The fraction of sp³-hybridized carbons (Fsp3) is 0.278. The number of nitrogens with one attached hydrogen (secondary N) is 1. The van der Waals surface area contributed by atoms with E-state index in [1.807, 2.05) is 0 Å². The molecule has 24 heavy (non-hydrogen) atoms. The molecule has 0 saturated carbocycles. The molecule has 0 fully saturated rings. The Balaban J connectivity index is 1.59. The Morgan fingerprint density at radius 3 is 2.92 bits per heavy atom. The second kappa shape index (κ2) is 7.12. The van der Waals surface area contributed by atoms with E-state index >= 15 is 0 Å². The highest BCUT2D eigenvalue weighted by atomic mass is 16.5. The van der Waals surface area contributed by atoms with Crippen molar-refractivity contribution in [3.8, 4) is 0 Å². The molecule has 3 rings (SSSR count). The molecule has 0 radical (unpaired) electrons. The third-order valence-corrected chi connectivity index (χ3v) is 3.94. The maximum Gasteiger partial charge on any atom is 0.356 e. The number of methoxy groups -OCH3 is 1. The number of carbonyl (C=O) groups excluding carboxylic acids is 1. The number of ether oxygens (including phenoxy) is 1. The first-order chi connectivity index (χ1) is 11.7. The van der Waals surface area contributed by atoms with Gasteiger partial charge in [0.1, 0.15) is 12.1 Å². The number of para-hydroxylation sites is 1. The van der Waals surface area contributed by atoms with Crippen LogP contribution >= 0.6 is 0 Å². The van der Waals surface area contributed by atoms with Gasteiger partial charge >= 0.3 is 5.97 Å². The van der Waals surface area contributed by atoms with Crippen LogP contribution < -0.4 is 5.32 Å². The van der Waals surface area contributed by atoms with Gasteiger partial charge in [-0.25, -0.2) is 14.8 Å². The van der Waals surface area contributed by atoms with E-state index in [1.165, 1.54) is 30.0 Å². The van der Waals surface area contributed by atoms with Crippen molar-refractivity contribution < 1.29 is 9.53 Å². The number of anilines is 1. The lowest BCUT2D eigenvalue weighted by atomic mass is 10.2. The number of fused-ring (bicyclic) bond motifs is 1. The minimum atomic E-state index is -0.463. The molecule has 0 aliphatic rings. The highest BCUT2D eigenvalue weighted by Crippen LogP contribution is 2.19. The number of aromatic nitrogens is 3. The summed E-state index contributed by atoms with van der Waals surface area (Å²) >= 11 is 0. The molecule has 1 aromatic carbocycles. The Morgan fingerprint density at radius 2 is 2.08 bits per heavy atom. The molecule has 1 N–H and O–H groups in total. The summed E-state index contributed by atoms with van der Waals surface area (Å²) in [5.41, 5.74) is 2.76. The Bertz CT molecular complexity index is 857. The quantitative estimate of drug-likeness (QED) is 0.557. The smallest absolute Gasteiger partial charge is 0.356 e. The van der Waals surface area contributed by atoms with Gasteiger partial charge in [0.2, 0.25) is 0 Å². The Morgan fingerprint density at radius 1 is 1.25 bits per heavy atom. The van der Waals surface area contributed by atoms with Gasteiger partial charge in [0.05, 0.1) is 7.11 Å². The number of hydrogen-bond acceptors (Lipinski definition) is 5. The average molecular weight is 324 g/mol. The number of benzene rings is 1. The zero-order valence-electron chi connectivity index (χ0n) is 13.8.